The average Bonchev–Trinajstić information content (AvgIpc) is 3.27. The van der Waals surface area contributed by atoms with Crippen LogP contribution in [0.1, 0.15) is 32.1 Å². The van der Waals surface area contributed by atoms with E-state index in [1.165, 1.54) is 17.0 Å². The van der Waals surface area contributed by atoms with E-state index in [1.54, 1.807) is 37.2 Å². The van der Waals surface area contributed by atoms with Crippen molar-refractivity contribution in [1.82, 2.24) is 14.8 Å². The maximum absolute atomic E-state index is 13.0. The first-order valence-electron chi connectivity index (χ1n) is 10.8. The minimum atomic E-state index is -0.333. The van der Waals surface area contributed by atoms with Crippen LogP contribution in [-0.4, -0.2) is 65.9 Å². The Balaban J connectivity index is 1.43. The second kappa shape index (κ2) is 10.9. The van der Waals surface area contributed by atoms with Crippen molar-refractivity contribution in [2.45, 2.75) is 32.6 Å². The molecule has 1 aliphatic heterocycles. The van der Waals surface area contributed by atoms with Gasteiger partial charge in [0.15, 0.2) is 11.7 Å². The number of aromatic nitrogens is 1. The number of esters is 1. The quantitative estimate of drug-likeness (QED) is 0.580. The molecule has 172 valence electrons. The number of aryl methyl sites for hydroxylation is 1. The average molecular weight is 445 g/mol. The summed E-state index contributed by atoms with van der Waals surface area (Å²) < 4.78 is 23.7. The number of oxazole rings is 1. The lowest BCUT2D eigenvalue weighted by molar-refractivity contribution is -0.151. The van der Waals surface area contributed by atoms with Crippen LogP contribution in [0, 0.1) is 11.7 Å². The monoisotopic (exact) mass is 445 g/mol. The summed E-state index contributed by atoms with van der Waals surface area (Å²) in [5, 5.41) is 0. The molecule has 0 spiro atoms. The van der Waals surface area contributed by atoms with Gasteiger partial charge in [0, 0.05) is 38.5 Å². The van der Waals surface area contributed by atoms with E-state index in [-0.39, 0.29) is 42.5 Å². The second-order valence-electron chi connectivity index (χ2n) is 7.78. The topological polar surface area (TPSA) is 93.0 Å². The Hall–Kier alpha value is -3.23. The van der Waals surface area contributed by atoms with Crippen LogP contribution in [-0.2, 0) is 25.5 Å². The molecular weight excluding hydrogens is 417 g/mol. The lowest BCUT2D eigenvalue weighted by Crippen LogP contribution is -2.45. The molecular formula is C23H28FN3O5. The summed E-state index contributed by atoms with van der Waals surface area (Å²) in [5.41, 5.74) is 0.700. The molecule has 8 nitrogen and oxygen atoms in total. The van der Waals surface area contributed by atoms with Crippen LogP contribution >= 0.6 is 0 Å². The molecule has 0 atom stereocenters. The third kappa shape index (κ3) is 6.15. The van der Waals surface area contributed by atoms with Crippen molar-refractivity contribution in [3.8, 4) is 11.3 Å². The molecule has 2 aromatic rings. The fraction of sp³-hybridized carbons (Fsp3) is 0.478. The van der Waals surface area contributed by atoms with Gasteiger partial charge in [-0.15, -0.1) is 0 Å². The van der Waals surface area contributed by atoms with Gasteiger partial charge in [0.25, 0.3) is 0 Å². The van der Waals surface area contributed by atoms with Crippen molar-refractivity contribution < 1.29 is 27.9 Å². The van der Waals surface area contributed by atoms with Gasteiger partial charge in [0.05, 0.1) is 25.3 Å². The third-order valence-corrected chi connectivity index (χ3v) is 5.50. The fourth-order valence-electron chi connectivity index (χ4n) is 3.59. The summed E-state index contributed by atoms with van der Waals surface area (Å²) >= 11 is 0. The Morgan fingerprint density at radius 3 is 2.56 bits per heavy atom. The number of benzene rings is 1. The molecule has 1 fully saturated rings. The van der Waals surface area contributed by atoms with E-state index in [4.69, 9.17) is 9.15 Å². The number of amides is 2. The summed E-state index contributed by atoms with van der Waals surface area (Å²) in [6, 6.07) is 5.87. The lowest BCUT2D eigenvalue weighted by Gasteiger charge is -2.32. The Morgan fingerprint density at radius 1 is 1.22 bits per heavy atom. The van der Waals surface area contributed by atoms with Gasteiger partial charge in [0.2, 0.25) is 11.8 Å². The number of hydrogen-bond acceptors (Lipinski definition) is 6. The molecule has 1 aromatic heterocycles. The van der Waals surface area contributed by atoms with Crippen molar-refractivity contribution in [1.29, 1.82) is 0 Å². The molecule has 1 aromatic carbocycles. The smallest absolute Gasteiger partial charge is 0.309 e. The van der Waals surface area contributed by atoms with Gasteiger partial charge in [-0.2, -0.15) is 0 Å². The van der Waals surface area contributed by atoms with E-state index in [2.05, 4.69) is 4.98 Å². The van der Waals surface area contributed by atoms with Crippen molar-refractivity contribution in [3.05, 3.63) is 42.2 Å². The number of halogens is 1. The van der Waals surface area contributed by atoms with Crippen LogP contribution in [0.25, 0.3) is 11.3 Å². The van der Waals surface area contributed by atoms with E-state index >= 15 is 0 Å². The Labute approximate surface area is 186 Å². The van der Waals surface area contributed by atoms with Crippen LogP contribution < -0.4 is 0 Å². The predicted octanol–water partition coefficient (Wildman–Crippen LogP) is 2.67. The van der Waals surface area contributed by atoms with E-state index < -0.39 is 0 Å². The van der Waals surface area contributed by atoms with Gasteiger partial charge in [-0.25, -0.2) is 9.37 Å². The second-order valence-corrected chi connectivity index (χ2v) is 7.78. The van der Waals surface area contributed by atoms with E-state index in [0.717, 1.165) is 0 Å². The summed E-state index contributed by atoms with van der Waals surface area (Å²) in [7, 11) is 1.59. The van der Waals surface area contributed by atoms with E-state index in [0.29, 0.717) is 56.2 Å². The fourth-order valence-corrected chi connectivity index (χ4v) is 3.59. The van der Waals surface area contributed by atoms with Crippen molar-refractivity contribution in [3.63, 3.8) is 0 Å². The summed E-state index contributed by atoms with van der Waals surface area (Å²) in [6.45, 7) is 3.07. The molecule has 1 aliphatic rings. The highest BCUT2D eigenvalue weighted by Crippen LogP contribution is 2.21. The zero-order valence-corrected chi connectivity index (χ0v) is 18.4. The van der Waals surface area contributed by atoms with E-state index in [9.17, 15) is 18.8 Å². The van der Waals surface area contributed by atoms with Crippen molar-refractivity contribution >= 4 is 17.8 Å². The molecule has 0 bridgehead atoms. The third-order valence-electron chi connectivity index (χ3n) is 5.50. The highest BCUT2D eigenvalue weighted by atomic mass is 19.1. The maximum Gasteiger partial charge on any atom is 0.309 e. The number of likely N-dealkylation sites (N-methyl/N-ethyl adjacent to an activating group) is 1. The number of ether oxygens (including phenoxy) is 1. The summed E-state index contributed by atoms with van der Waals surface area (Å²) in [6.07, 6.45) is 3.13. The van der Waals surface area contributed by atoms with Crippen LogP contribution in [0.3, 0.4) is 0 Å². The van der Waals surface area contributed by atoms with Gasteiger partial charge in [-0.3, -0.25) is 14.4 Å². The first kappa shape index (κ1) is 23.4. The first-order chi connectivity index (χ1) is 15.4. The highest BCUT2D eigenvalue weighted by Gasteiger charge is 2.29. The number of nitrogens with zero attached hydrogens (tertiary/aromatic N) is 3. The molecule has 32 heavy (non-hydrogen) atoms. The zero-order valence-electron chi connectivity index (χ0n) is 18.4. The number of piperidine rings is 1. The number of hydrogen-bond donors (Lipinski definition) is 0. The van der Waals surface area contributed by atoms with Crippen LogP contribution in [0.15, 0.2) is 34.9 Å². The van der Waals surface area contributed by atoms with Gasteiger partial charge >= 0.3 is 5.97 Å². The Morgan fingerprint density at radius 2 is 1.91 bits per heavy atom. The van der Waals surface area contributed by atoms with Gasteiger partial charge in [0.1, 0.15) is 5.82 Å². The Kier molecular flexibility index (Phi) is 7.97. The molecule has 0 saturated carbocycles. The van der Waals surface area contributed by atoms with E-state index in [1.807, 2.05) is 0 Å². The number of likely N-dealkylation sites (tertiary alicyclic amines) is 1. The SMILES string of the molecule is CCOC(=O)C1CCN(C(=O)CN(C)C(=O)CCc2ncc(-c3ccc(F)cc3)o2)CC1. The maximum atomic E-state index is 13.0. The predicted molar refractivity (Wildman–Crippen MR) is 114 cm³/mol. The standard InChI is InChI=1S/C23H28FN3O5/c1-3-31-23(30)17-10-12-27(13-11-17)22(29)15-26(2)21(28)9-8-20-25-14-19(32-20)16-4-6-18(24)7-5-16/h4-7,14,17H,3,8-13,15H2,1-2H3. The van der Waals surface area contributed by atoms with Crippen LogP contribution in [0.5, 0.6) is 0 Å². The van der Waals surface area contributed by atoms with Crippen molar-refractivity contribution in [2.24, 2.45) is 5.92 Å². The molecule has 0 radical (unpaired) electrons. The van der Waals surface area contributed by atoms with Gasteiger partial charge < -0.3 is 19.0 Å². The summed E-state index contributed by atoms with van der Waals surface area (Å²) in [4.78, 5) is 44.0. The van der Waals surface area contributed by atoms with Crippen molar-refractivity contribution in [2.75, 3.05) is 33.3 Å². The minimum absolute atomic E-state index is 0.0185. The molecule has 2 heterocycles. The molecule has 0 unspecified atom stereocenters. The molecule has 0 aliphatic carbocycles. The molecule has 2 amide bonds. The molecule has 0 N–H and O–H groups in total. The Bertz CT molecular complexity index is 935. The molecule has 9 heteroatoms. The lowest BCUT2D eigenvalue weighted by atomic mass is 9.97. The molecule has 3 rings (SSSR count). The van der Waals surface area contributed by atoms with Crippen LogP contribution in [0.2, 0.25) is 0 Å². The number of rotatable bonds is 8. The highest BCUT2D eigenvalue weighted by molar-refractivity contribution is 5.85. The zero-order chi connectivity index (χ0) is 23.1. The van der Waals surface area contributed by atoms with Gasteiger partial charge in [-0.05, 0) is 44.0 Å². The number of carbonyl (C=O) groups excluding carboxylic acids is 3. The summed E-state index contributed by atoms with van der Waals surface area (Å²) in [5.74, 6) is -0.139. The number of carbonyl (C=O) groups is 3. The molecule has 1 saturated heterocycles. The van der Waals surface area contributed by atoms with Gasteiger partial charge in [-0.1, -0.05) is 0 Å². The first-order valence-corrected chi connectivity index (χ1v) is 10.8. The largest absolute Gasteiger partial charge is 0.466 e. The minimum Gasteiger partial charge on any atom is -0.466 e. The van der Waals surface area contributed by atoms with Crippen LogP contribution in [0.4, 0.5) is 4.39 Å². The normalized spacial score (nSPS) is 14.3.